The second-order valence-corrected chi connectivity index (χ2v) is 2.70. The Kier molecular flexibility index (Phi) is 3.73. The smallest absolute Gasteiger partial charge is 0.371 e. The van der Waals surface area contributed by atoms with Gasteiger partial charge < -0.3 is 9.84 Å². The van der Waals surface area contributed by atoms with Crippen LogP contribution < -0.4 is 4.74 Å². The summed E-state index contributed by atoms with van der Waals surface area (Å²) in [7, 11) is 0. The molecule has 3 nitrogen and oxygen atoms in total. The van der Waals surface area contributed by atoms with Crippen LogP contribution in [0, 0.1) is 0 Å². The van der Waals surface area contributed by atoms with Gasteiger partial charge in [0, 0.05) is 0 Å². The molecule has 1 aromatic carbocycles. The summed E-state index contributed by atoms with van der Waals surface area (Å²) in [6.45, 7) is 1.86. The Balaban J connectivity index is 2.76. The predicted molar refractivity (Wildman–Crippen MR) is 53.1 cm³/mol. The van der Waals surface area contributed by atoms with Gasteiger partial charge in [-0.05, 0) is 24.6 Å². The highest BCUT2D eigenvalue weighted by atomic mass is 16.5. The summed E-state index contributed by atoms with van der Waals surface area (Å²) in [5.74, 6) is -0.538. The molecular formula is C11H12O3. The summed E-state index contributed by atoms with van der Waals surface area (Å²) >= 11 is 0. The average Bonchev–Trinajstić information content (AvgIpc) is 2.18. The van der Waals surface area contributed by atoms with Gasteiger partial charge >= 0.3 is 5.97 Å². The van der Waals surface area contributed by atoms with Gasteiger partial charge in [0.25, 0.3) is 0 Å². The predicted octanol–water partition coefficient (Wildman–Crippen LogP) is 2.44. The molecule has 0 saturated carbocycles. The van der Waals surface area contributed by atoms with E-state index in [2.05, 4.69) is 0 Å². The molecule has 0 saturated heterocycles. The fourth-order valence-corrected chi connectivity index (χ4v) is 0.974. The first-order chi connectivity index (χ1) is 6.74. The van der Waals surface area contributed by atoms with E-state index in [1.807, 2.05) is 13.0 Å². The Morgan fingerprint density at radius 2 is 2.07 bits per heavy atom. The molecule has 1 rings (SSSR count). The SMILES string of the molecule is CCC=C(Oc1ccccc1)C(=O)O. The molecule has 0 fully saturated rings. The standard InChI is InChI=1S/C11H12O3/c1-2-6-10(11(12)13)14-9-7-4-3-5-8-9/h3-8H,2H2,1H3,(H,12,13). The maximum Gasteiger partial charge on any atom is 0.371 e. The van der Waals surface area contributed by atoms with Gasteiger partial charge in [-0.1, -0.05) is 25.1 Å². The molecule has 0 aliphatic rings. The first-order valence-electron chi connectivity index (χ1n) is 4.40. The Labute approximate surface area is 82.6 Å². The van der Waals surface area contributed by atoms with Crippen molar-refractivity contribution in [3.63, 3.8) is 0 Å². The molecule has 0 aliphatic heterocycles. The lowest BCUT2D eigenvalue weighted by Crippen LogP contribution is -2.07. The zero-order chi connectivity index (χ0) is 10.4. The van der Waals surface area contributed by atoms with Crippen LogP contribution in [-0.2, 0) is 4.79 Å². The van der Waals surface area contributed by atoms with E-state index in [-0.39, 0.29) is 5.76 Å². The van der Waals surface area contributed by atoms with Gasteiger partial charge in [-0.25, -0.2) is 4.79 Å². The molecule has 1 aromatic rings. The number of benzene rings is 1. The minimum Gasteiger partial charge on any atom is -0.475 e. The van der Waals surface area contributed by atoms with E-state index in [4.69, 9.17) is 9.84 Å². The number of carboxylic acids is 1. The van der Waals surface area contributed by atoms with Crippen LogP contribution in [-0.4, -0.2) is 11.1 Å². The van der Waals surface area contributed by atoms with Crippen LogP contribution in [0.1, 0.15) is 13.3 Å². The number of rotatable bonds is 4. The lowest BCUT2D eigenvalue weighted by Gasteiger charge is -2.04. The van der Waals surface area contributed by atoms with Crippen LogP contribution in [0.25, 0.3) is 0 Å². The highest BCUT2D eigenvalue weighted by molar-refractivity contribution is 5.84. The first kappa shape index (κ1) is 10.3. The van der Waals surface area contributed by atoms with E-state index in [0.717, 1.165) is 0 Å². The third-order valence-corrected chi connectivity index (χ3v) is 1.57. The van der Waals surface area contributed by atoms with Gasteiger partial charge in [-0.15, -0.1) is 0 Å². The third-order valence-electron chi connectivity index (χ3n) is 1.57. The molecule has 0 bridgehead atoms. The Bertz CT molecular complexity index is 328. The Morgan fingerprint density at radius 1 is 1.43 bits per heavy atom. The number of hydrogen-bond acceptors (Lipinski definition) is 2. The minimum absolute atomic E-state index is 0.0290. The van der Waals surface area contributed by atoms with Crippen molar-refractivity contribution in [1.82, 2.24) is 0 Å². The molecule has 3 heteroatoms. The minimum atomic E-state index is -1.05. The number of aliphatic carboxylic acids is 1. The quantitative estimate of drug-likeness (QED) is 0.588. The molecule has 0 spiro atoms. The van der Waals surface area contributed by atoms with Crippen LogP contribution in [0.15, 0.2) is 42.2 Å². The van der Waals surface area contributed by atoms with Crippen LogP contribution in [0.4, 0.5) is 0 Å². The van der Waals surface area contributed by atoms with Crippen LogP contribution in [0.5, 0.6) is 5.75 Å². The van der Waals surface area contributed by atoms with Crippen LogP contribution >= 0.6 is 0 Å². The van der Waals surface area contributed by atoms with E-state index < -0.39 is 5.97 Å². The van der Waals surface area contributed by atoms with E-state index in [0.29, 0.717) is 12.2 Å². The third kappa shape index (κ3) is 2.94. The number of allylic oxidation sites excluding steroid dienone is 1. The topological polar surface area (TPSA) is 46.5 Å². The van der Waals surface area contributed by atoms with Crippen molar-refractivity contribution in [2.24, 2.45) is 0 Å². The summed E-state index contributed by atoms with van der Waals surface area (Å²) in [5.41, 5.74) is 0. The molecule has 0 amide bonds. The number of carboxylic acid groups (broad SMARTS) is 1. The summed E-state index contributed by atoms with van der Waals surface area (Å²) < 4.78 is 5.18. The second kappa shape index (κ2) is 5.07. The van der Waals surface area contributed by atoms with Crippen molar-refractivity contribution < 1.29 is 14.6 Å². The highest BCUT2D eigenvalue weighted by Crippen LogP contribution is 2.13. The van der Waals surface area contributed by atoms with Crippen molar-refractivity contribution in [2.75, 3.05) is 0 Å². The Morgan fingerprint density at radius 3 is 2.57 bits per heavy atom. The van der Waals surface area contributed by atoms with Crippen LogP contribution in [0.2, 0.25) is 0 Å². The van der Waals surface area contributed by atoms with Crippen molar-refractivity contribution in [3.05, 3.63) is 42.2 Å². The monoisotopic (exact) mass is 192 g/mol. The number of ether oxygens (including phenoxy) is 1. The maximum atomic E-state index is 10.7. The van der Waals surface area contributed by atoms with Gasteiger partial charge in [0.1, 0.15) is 5.75 Å². The van der Waals surface area contributed by atoms with Gasteiger partial charge in [0.05, 0.1) is 0 Å². The lowest BCUT2D eigenvalue weighted by molar-refractivity contribution is -0.135. The first-order valence-corrected chi connectivity index (χ1v) is 4.40. The van der Waals surface area contributed by atoms with E-state index >= 15 is 0 Å². The van der Waals surface area contributed by atoms with Gasteiger partial charge in [0.2, 0.25) is 5.76 Å². The zero-order valence-corrected chi connectivity index (χ0v) is 7.93. The molecule has 0 atom stereocenters. The molecule has 1 N–H and O–H groups in total. The fraction of sp³-hybridized carbons (Fsp3) is 0.182. The fourth-order valence-electron chi connectivity index (χ4n) is 0.974. The Hall–Kier alpha value is -1.77. The van der Waals surface area contributed by atoms with Crippen molar-refractivity contribution >= 4 is 5.97 Å². The maximum absolute atomic E-state index is 10.7. The summed E-state index contributed by atoms with van der Waals surface area (Å²) in [6.07, 6.45) is 2.17. The molecule has 74 valence electrons. The summed E-state index contributed by atoms with van der Waals surface area (Å²) in [5, 5.41) is 8.77. The molecule has 0 heterocycles. The molecule has 14 heavy (non-hydrogen) atoms. The number of hydrogen-bond donors (Lipinski definition) is 1. The molecule has 0 aromatic heterocycles. The van der Waals surface area contributed by atoms with Crippen molar-refractivity contribution in [1.29, 1.82) is 0 Å². The molecular weight excluding hydrogens is 180 g/mol. The van der Waals surface area contributed by atoms with Crippen LogP contribution in [0.3, 0.4) is 0 Å². The average molecular weight is 192 g/mol. The molecule has 0 unspecified atom stereocenters. The van der Waals surface area contributed by atoms with Gasteiger partial charge in [-0.2, -0.15) is 0 Å². The number of carbonyl (C=O) groups is 1. The highest BCUT2D eigenvalue weighted by Gasteiger charge is 2.08. The molecule has 0 radical (unpaired) electrons. The number of para-hydroxylation sites is 1. The van der Waals surface area contributed by atoms with E-state index in [1.54, 1.807) is 24.3 Å². The molecule has 0 aliphatic carbocycles. The van der Waals surface area contributed by atoms with Crippen molar-refractivity contribution in [3.8, 4) is 5.75 Å². The van der Waals surface area contributed by atoms with E-state index in [1.165, 1.54) is 6.08 Å². The summed E-state index contributed by atoms with van der Waals surface area (Å²) in [6, 6.07) is 8.86. The second-order valence-electron chi connectivity index (χ2n) is 2.70. The zero-order valence-electron chi connectivity index (χ0n) is 7.93. The van der Waals surface area contributed by atoms with E-state index in [9.17, 15) is 4.79 Å². The van der Waals surface area contributed by atoms with Gasteiger partial charge in [-0.3, -0.25) is 0 Å². The van der Waals surface area contributed by atoms with Gasteiger partial charge in [0.15, 0.2) is 0 Å². The largest absolute Gasteiger partial charge is 0.475 e. The lowest BCUT2D eigenvalue weighted by atomic mass is 10.3. The van der Waals surface area contributed by atoms with Crippen molar-refractivity contribution in [2.45, 2.75) is 13.3 Å². The normalized spacial score (nSPS) is 11.1. The summed E-state index contributed by atoms with van der Waals surface area (Å²) in [4.78, 5) is 10.7.